The molecule has 0 radical (unpaired) electrons. The number of nitro benzene ring substituents is 1. The summed E-state index contributed by atoms with van der Waals surface area (Å²) >= 11 is 0. The number of aliphatic hydroxyl groups excluding tert-OH is 2. The van der Waals surface area contributed by atoms with E-state index < -0.39 is 46.8 Å². The number of hydrogen-bond acceptors (Lipinski definition) is 5. The van der Waals surface area contributed by atoms with Crippen molar-refractivity contribution in [1.82, 2.24) is 5.32 Å². The van der Waals surface area contributed by atoms with Crippen molar-refractivity contribution in [3.63, 3.8) is 0 Å². The minimum atomic E-state index is -1.39. The molecule has 2 aromatic carbocycles. The van der Waals surface area contributed by atoms with Crippen molar-refractivity contribution in [2.24, 2.45) is 0 Å². The monoisotopic (exact) mass is 352 g/mol. The Morgan fingerprint density at radius 3 is 2.36 bits per heavy atom. The predicted molar refractivity (Wildman–Crippen MR) is 82.8 cm³/mol. The third kappa shape index (κ3) is 4.34. The van der Waals surface area contributed by atoms with Gasteiger partial charge in [0.15, 0.2) is 0 Å². The number of carbonyl (C=O) groups is 1. The number of nitro groups is 1. The number of rotatable bonds is 6. The van der Waals surface area contributed by atoms with Crippen LogP contribution in [0.2, 0.25) is 0 Å². The summed E-state index contributed by atoms with van der Waals surface area (Å²) in [6.45, 7) is -0.674. The Balaban J connectivity index is 2.15. The van der Waals surface area contributed by atoms with Crippen LogP contribution in [0.5, 0.6) is 0 Å². The summed E-state index contributed by atoms with van der Waals surface area (Å²) in [7, 11) is 0. The normalized spacial score (nSPS) is 13.1. The van der Waals surface area contributed by atoms with E-state index in [2.05, 4.69) is 5.32 Å². The molecular formula is C16H14F2N2O5. The SMILES string of the molecule is O=C(N[C@@H](CO)[C@@H](O)c1ccc([N+](=O)[O-])cc1)c1ccc(F)cc1F. The molecule has 2 atom stereocenters. The Hall–Kier alpha value is -2.91. The summed E-state index contributed by atoms with van der Waals surface area (Å²) in [5, 5.41) is 32.5. The zero-order valence-electron chi connectivity index (χ0n) is 12.7. The Bertz CT molecular complexity index is 783. The zero-order chi connectivity index (χ0) is 18.6. The van der Waals surface area contributed by atoms with Crippen LogP contribution in [0.15, 0.2) is 42.5 Å². The number of benzene rings is 2. The lowest BCUT2D eigenvalue weighted by Crippen LogP contribution is -2.42. The molecular weight excluding hydrogens is 338 g/mol. The molecule has 0 unspecified atom stereocenters. The van der Waals surface area contributed by atoms with Crippen molar-refractivity contribution in [3.8, 4) is 0 Å². The molecule has 0 bridgehead atoms. The Morgan fingerprint density at radius 1 is 1.20 bits per heavy atom. The number of nitrogens with one attached hydrogen (secondary N) is 1. The van der Waals surface area contributed by atoms with Gasteiger partial charge in [-0.2, -0.15) is 0 Å². The van der Waals surface area contributed by atoms with Crippen molar-refractivity contribution in [2.45, 2.75) is 12.1 Å². The average Bonchev–Trinajstić information content (AvgIpc) is 2.58. The van der Waals surface area contributed by atoms with Gasteiger partial charge in [-0.3, -0.25) is 14.9 Å². The van der Waals surface area contributed by atoms with E-state index >= 15 is 0 Å². The van der Waals surface area contributed by atoms with Gasteiger partial charge in [-0.1, -0.05) is 0 Å². The molecule has 0 heterocycles. The van der Waals surface area contributed by atoms with Crippen molar-refractivity contribution in [1.29, 1.82) is 0 Å². The topological polar surface area (TPSA) is 113 Å². The standard InChI is InChI=1S/C16H14F2N2O5/c17-10-3-6-12(13(18)7-10)16(23)19-14(8-21)15(22)9-1-4-11(5-2-9)20(24)25/h1-7,14-15,21-22H,8H2,(H,19,23)/t14-,15-/m0/s1. The van der Waals surface area contributed by atoms with Crippen LogP contribution in [-0.4, -0.2) is 33.7 Å². The molecule has 0 saturated carbocycles. The van der Waals surface area contributed by atoms with Gasteiger partial charge in [0, 0.05) is 18.2 Å². The molecule has 132 valence electrons. The summed E-state index contributed by atoms with van der Waals surface area (Å²) in [6.07, 6.45) is -1.39. The Morgan fingerprint density at radius 2 is 1.84 bits per heavy atom. The molecule has 0 saturated heterocycles. The molecule has 0 aliphatic heterocycles. The minimum absolute atomic E-state index is 0.186. The Labute approximate surface area is 140 Å². The number of halogens is 2. The summed E-state index contributed by atoms with van der Waals surface area (Å²) in [5.41, 5.74) is -0.422. The average molecular weight is 352 g/mol. The van der Waals surface area contributed by atoms with Crippen molar-refractivity contribution in [3.05, 3.63) is 75.3 Å². The molecule has 3 N–H and O–H groups in total. The fourth-order valence-corrected chi connectivity index (χ4v) is 2.17. The molecule has 9 heteroatoms. The molecule has 0 fully saturated rings. The first-order valence-corrected chi connectivity index (χ1v) is 7.12. The first-order valence-electron chi connectivity index (χ1n) is 7.12. The van der Waals surface area contributed by atoms with Crippen LogP contribution in [0, 0.1) is 21.7 Å². The quantitative estimate of drug-likeness (QED) is 0.541. The van der Waals surface area contributed by atoms with Gasteiger partial charge in [0.05, 0.1) is 23.1 Å². The van der Waals surface area contributed by atoms with Crippen LogP contribution in [0.1, 0.15) is 22.0 Å². The van der Waals surface area contributed by atoms with E-state index in [1.807, 2.05) is 0 Å². The van der Waals surface area contributed by atoms with Crippen molar-refractivity contribution < 1.29 is 28.7 Å². The van der Waals surface area contributed by atoms with E-state index in [-0.39, 0.29) is 11.3 Å². The molecule has 2 rings (SSSR count). The Kier molecular flexibility index (Phi) is 5.73. The van der Waals surface area contributed by atoms with E-state index in [1.165, 1.54) is 12.1 Å². The lowest BCUT2D eigenvalue weighted by atomic mass is 10.0. The summed E-state index contributed by atoms with van der Waals surface area (Å²) in [6, 6.07) is 6.05. The second-order valence-electron chi connectivity index (χ2n) is 5.18. The molecule has 2 aromatic rings. The number of hydrogen-bond donors (Lipinski definition) is 3. The highest BCUT2D eigenvalue weighted by molar-refractivity contribution is 5.94. The van der Waals surface area contributed by atoms with Gasteiger partial charge < -0.3 is 15.5 Å². The highest BCUT2D eigenvalue weighted by Gasteiger charge is 2.24. The predicted octanol–water partition coefficient (Wildman–Crippen LogP) is 1.70. The zero-order valence-corrected chi connectivity index (χ0v) is 12.7. The lowest BCUT2D eigenvalue weighted by Gasteiger charge is -2.22. The van der Waals surface area contributed by atoms with E-state index in [9.17, 15) is 33.9 Å². The van der Waals surface area contributed by atoms with Crippen LogP contribution in [-0.2, 0) is 0 Å². The van der Waals surface area contributed by atoms with Gasteiger partial charge in [-0.25, -0.2) is 8.78 Å². The molecule has 7 nitrogen and oxygen atoms in total. The highest BCUT2D eigenvalue weighted by atomic mass is 19.1. The smallest absolute Gasteiger partial charge is 0.269 e. The number of amides is 1. The first kappa shape index (κ1) is 18.4. The minimum Gasteiger partial charge on any atom is -0.394 e. The number of carbonyl (C=O) groups excluding carboxylic acids is 1. The van der Waals surface area contributed by atoms with Gasteiger partial charge >= 0.3 is 0 Å². The van der Waals surface area contributed by atoms with E-state index in [0.717, 1.165) is 24.3 Å². The molecule has 0 spiro atoms. The van der Waals surface area contributed by atoms with Gasteiger partial charge in [0.2, 0.25) is 0 Å². The molecule has 25 heavy (non-hydrogen) atoms. The number of nitrogens with zero attached hydrogens (tertiary/aromatic N) is 1. The fraction of sp³-hybridized carbons (Fsp3) is 0.188. The van der Waals surface area contributed by atoms with E-state index in [1.54, 1.807) is 0 Å². The van der Waals surface area contributed by atoms with Gasteiger partial charge in [0.25, 0.3) is 11.6 Å². The summed E-state index contributed by atoms with van der Waals surface area (Å²) in [4.78, 5) is 22.0. The van der Waals surface area contributed by atoms with Crippen LogP contribution in [0.25, 0.3) is 0 Å². The van der Waals surface area contributed by atoms with Crippen LogP contribution < -0.4 is 5.32 Å². The molecule has 0 aliphatic carbocycles. The van der Waals surface area contributed by atoms with Crippen molar-refractivity contribution in [2.75, 3.05) is 6.61 Å². The van der Waals surface area contributed by atoms with Gasteiger partial charge in [0.1, 0.15) is 17.7 Å². The van der Waals surface area contributed by atoms with E-state index in [4.69, 9.17) is 0 Å². The third-order valence-corrected chi connectivity index (χ3v) is 3.52. The van der Waals surface area contributed by atoms with Crippen LogP contribution in [0.3, 0.4) is 0 Å². The van der Waals surface area contributed by atoms with E-state index in [0.29, 0.717) is 6.07 Å². The van der Waals surface area contributed by atoms with Crippen LogP contribution in [0.4, 0.5) is 14.5 Å². The summed E-state index contributed by atoms with van der Waals surface area (Å²) in [5.74, 6) is -2.88. The number of aliphatic hydroxyl groups is 2. The maximum Gasteiger partial charge on any atom is 0.269 e. The van der Waals surface area contributed by atoms with Gasteiger partial charge in [-0.15, -0.1) is 0 Å². The highest BCUT2D eigenvalue weighted by Crippen LogP contribution is 2.21. The molecule has 0 aromatic heterocycles. The first-order chi connectivity index (χ1) is 11.8. The summed E-state index contributed by atoms with van der Waals surface area (Å²) < 4.78 is 26.5. The molecule has 0 aliphatic rings. The maximum atomic E-state index is 13.6. The second kappa shape index (κ2) is 7.77. The maximum absolute atomic E-state index is 13.6. The fourth-order valence-electron chi connectivity index (χ4n) is 2.17. The second-order valence-corrected chi connectivity index (χ2v) is 5.18. The third-order valence-electron chi connectivity index (χ3n) is 3.52. The molecule has 1 amide bonds. The number of non-ortho nitro benzene ring substituents is 1. The largest absolute Gasteiger partial charge is 0.394 e. The van der Waals surface area contributed by atoms with Crippen LogP contribution >= 0.6 is 0 Å². The van der Waals surface area contributed by atoms with Gasteiger partial charge in [-0.05, 0) is 29.8 Å². The lowest BCUT2D eigenvalue weighted by molar-refractivity contribution is -0.384. The van der Waals surface area contributed by atoms with Crippen molar-refractivity contribution >= 4 is 11.6 Å².